The second-order valence-corrected chi connectivity index (χ2v) is 5.99. The average Bonchev–Trinajstić information content (AvgIpc) is 2.38. The first-order chi connectivity index (χ1) is 9.47. The summed E-state index contributed by atoms with van der Waals surface area (Å²) in [6.07, 6.45) is 2.09. The lowest BCUT2D eigenvalue weighted by molar-refractivity contribution is -0.119. The maximum absolute atomic E-state index is 12.2. The smallest absolute Gasteiger partial charge is 0.335 e. The molecule has 0 bridgehead atoms. The summed E-state index contributed by atoms with van der Waals surface area (Å²) in [6.45, 7) is 2.88. The van der Waals surface area contributed by atoms with Crippen LogP contribution in [0.3, 0.4) is 0 Å². The number of aromatic carboxylic acids is 1. The third-order valence-electron chi connectivity index (χ3n) is 3.46. The third kappa shape index (κ3) is 3.58. The third-order valence-corrected chi connectivity index (χ3v) is 3.92. The van der Waals surface area contributed by atoms with Crippen molar-refractivity contribution in [2.45, 2.75) is 25.8 Å². The SMILES string of the molecule is CC1CCCNC1C(=O)Nc1cc(Br)cc(C(=O)O)c1. The highest BCUT2D eigenvalue weighted by molar-refractivity contribution is 9.10. The molecule has 1 aliphatic rings. The Morgan fingerprint density at radius 3 is 2.80 bits per heavy atom. The molecule has 0 saturated carbocycles. The molecular formula is C14H17BrN2O3. The summed E-state index contributed by atoms with van der Waals surface area (Å²) in [4.78, 5) is 23.2. The normalized spacial score (nSPS) is 22.3. The minimum Gasteiger partial charge on any atom is -0.478 e. The average molecular weight is 341 g/mol. The largest absolute Gasteiger partial charge is 0.478 e. The van der Waals surface area contributed by atoms with E-state index in [-0.39, 0.29) is 23.4 Å². The molecule has 2 rings (SSSR count). The quantitative estimate of drug-likeness (QED) is 0.789. The van der Waals surface area contributed by atoms with Gasteiger partial charge in [-0.05, 0) is 43.5 Å². The van der Waals surface area contributed by atoms with Crippen molar-refractivity contribution in [3.05, 3.63) is 28.2 Å². The van der Waals surface area contributed by atoms with Crippen molar-refractivity contribution in [3.8, 4) is 0 Å². The molecule has 1 saturated heterocycles. The van der Waals surface area contributed by atoms with Gasteiger partial charge in [0.05, 0.1) is 11.6 Å². The van der Waals surface area contributed by atoms with Crippen LogP contribution in [0.25, 0.3) is 0 Å². The zero-order valence-electron chi connectivity index (χ0n) is 11.1. The van der Waals surface area contributed by atoms with Gasteiger partial charge in [-0.15, -0.1) is 0 Å². The number of nitrogens with one attached hydrogen (secondary N) is 2. The molecule has 2 atom stereocenters. The van der Waals surface area contributed by atoms with Crippen molar-refractivity contribution >= 4 is 33.5 Å². The molecule has 2 unspecified atom stereocenters. The van der Waals surface area contributed by atoms with Crippen molar-refractivity contribution in [2.75, 3.05) is 11.9 Å². The highest BCUT2D eigenvalue weighted by atomic mass is 79.9. The highest BCUT2D eigenvalue weighted by Crippen LogP contribution is 2.22. The van der Waals surface area contributed by atoms with E-state index >= 15 is 0 Å². The van der Waals surface area contributed by atoms with Gasteiger partial charge in [-0.1, -0.05) is 22.9 Å². The minimum atomic E-state index is -1.02. The van der Waals surface area contributed by atoms with E-state index in [0.717, 1.165) is 19.4 Å². The van der Waals surface area contributed by atoms with E-state index in [4.69, 9.17) is 5.11 Å². The van der Waals surface area contributed by atoms with Crippen LogP contribution in [-0.2, 0) is 4.79 Å². The van der Waals surface area contributed by atoms with E-state index in [2.05, 4.69) is 26.6 Å². The van der Waals surface area contributed by atoms with Crippen LogP contribution < -0.4 is 10.6 Å². The minimum absolute atomic E-state index is 0.119. The molecule has 1 heterocycles. The predicted molar refractivity (Wildman–Crippen MR) is 79.9 cm³/mol. The lowest BCUT2D eigenvalue weighted by Gasteiger charge is -2.29. The number of anilines is 1. The molecule has 1 amide bonds. The van der Waals surface area contributed by atoms with E-state index in [1.807, 2.05) is 6.92 Å². The maximum atomic E-state index is 12.2. The van der Waals surface area contributed by atoms with E-state index in [9.17, 15) is 9.59 Å². The fourth-order valence-corrected chi connectivity index (χ4v) is 2.90. The number of rotatable bonds is 3. The van der Waals surface area contributed by atoms with E-state index in [0.29, 0.717) is 10.2 Å². The number of carboxylic acid groups (broad SMARTS) is 1. The molecule has 1 aromatic rings. The number of hydrogen-bond acceptors (Lipinski definition) is 3. The Kier molecular flexibility index (Phi) is 4.77. The summed E-state index contributed by atoms with van der Waals surface area (Å²) in [5, 5.41) is 15.0. The first-order valence-corrected chi connectivity index (χ1v) is 7.35. The number of carbonyl (C=O) groups is 2. The number of halogens is 1. The lowest BCUT2D eigenvalue weighted by Crippen LogP contribution is -2.48. The number of hydrogen-bond donors (Lipinski definition) is 3. The number of piperidine rings is 1. The molecule has 0 spiro atoms. The van der Waals surface area contributed by atoms with Crippen LogP contribution in [0.4, 0.5) is 5.69 Å². The number of amides is 1. The topological polar surface area (TPSA) is 78.4 Å². The van der Waals surface area contributed by atoms with Crippen molar-refractivity contribution in [2.24, 2.45) is 5.92 Å². The Hall–Kier alpha value is -1.40. The van der Waals surface area contributed by atoms with Gasteiger partial charge in [0.1, 0.15) is 0 Å². The maximum Gasteiger partial charge on any atom is 0.335 e. The fourth-order valence-electron chi connectivity index (χ4n) is 2.41. The fraction of sp³-hybridized carbons (Fsp3) is 0.429. The molecule has 6 heteroatoms. The second kappa shape index (κ2) is 6.37. The van der Waals surface area contributed by atoms with E-state index < -0.39 is 5.97 Å². The molecule has 5 nitrogen and oxygen atoms in total. The Morgan fingerprint density at radius 1 is 1.40 bits per heavy atom. The summed E-state index contributed by atoms with van der Waals surface area (Å²) >= 11 is 3.25. The lowest BCUT2D eigenvalue weighted by atomic mass is 9.92. The number of benzene rings is 1. The standard InChI is InChI=1S/C14H17BrN2O3/c1-8-3-2-4-16-12(8)13(18)17-11-6-9(14(19)20)5-10(15)7-11/h5-8,12,16H,2-4H2,1H3,(H,17,18)(H,19,20). The van der Waals surface area contributed by atoms with Crippen molar-refractivity contribution < 1.29 is 14.7 Å². The molecule has 0 aliphatic carbocycles. The molecule has 1 aliphatic heterocycles. The van der Waals surface area contributed by atoms with Gasteiger partial charge in [0, 0.05) is 10.2 Å². The van der Waals surface area contributed by atoms with Gasteiger partial charge in [-0.2, -0.15) is 0 Å². The molecule has 1 aromatic carbocycles. The number of carbonyl (C=O) groups excluding carboxylic acids is 1. The van der Waals surface area contributed by atoms with Gasteiger partial charge < -0.3 is 15.7 Å². The zero-order chi connectivity index (χ0) is 14.7. The van der Waals surface area contributed by atoms with Gasteiger partial charge in [-0.3, -0.25) is 4.79 Å². The molecule has 3 N–H and O–H groups in total. The highest BCUT2D eigenvalue weighted by Gasteiger charge is 2.27. The predicted octanol–water partition coefficient (Wildman–Crippen LogP) is 2.47. The Balaban J connectivity index is 2.13. The zero-order valence-corrected chi connectivity index (χ0v) is 12.7. The van der Waals surface area contributed by atoms with Gasteiger partial charge in [0.2, 0.25) is 5.91 Å². The van der Waals surface area contributed by atoms with Crippen molar-refractivity contribution in [1.29, 1.82) is 0 Å². The molecular weight excluding hydrogens is 324 g/mol. The van der Waals surface area contributed by atoms with Crippen molar-refractivity contribution in [1.82, 2.24) is 5.32 Å². The summed E-state index contributed by atoms with van der Waals surface area (Å²) in [5.41, 5.74) is 0.626. The van der Waals surface area contributed by atoms with Crippen molar-refractivity contribution in [3.63, 3.8) is 0 Å². The summed E-state index contributed by atoms with van der Waals surface area (Å²) in [7, 11) is 0. The van der Waals surface area contributed by atoms with E-state index in [1.54, 1.807) is 6.07 Å². The molecule has 0 aromatic heterocycles. The van der Waals surface area contributed by atoms with Gasteiger partial charge in [0.25, 0.3) is 0 Å². The molecule has 108 valence electrons. The van der Waals surface area contributed by atoms with Crippen LogP contribution in [0, 0.1) is 5.92 Å². The van der Waals surface area contributed by atoms with Gasteiger partial charge in [-0.25, -0.2) is 4.79 Å². The summed E-state index contributed by atoms with van der Waals surface area (Å²) < 4.78 is 0.623. The Labute approximate surface area is 125 Å². The van der Waals surface area contributed by atoms with Crippen LogP contribution in [0.1, 0.15) is 30.1 Å². The Bertz CT molecular complexity index is 533. The van der Waals surface area contributed by atoms with Crippen LogP contribution in [0.15, 0.2) is 22.7 Å². The second-order valence-electron chi connectivity index (χ2n) is 5.07. The van der Waals surface area contributed by atoms with Crippen LogP contribution >= 0.6 is 15.9 Å². The first kappa shape index (κ1) is 15.0. The van der Waals surface area contributed by atoms with Crippen LogP contribution in [0.2, 0.25) is 0 Å². The van der Waals surface area contributed by atoms with Gasteiger partial charge in [0.15, 0.2) is 0 Å². The first-order valence-electron chi connectivity index (χ1n) is 6.55. The van der Waals surface area contributed by atoms with Gasteiger partial charge >= 0.3 is 5.97 Å². The van der Waals surface area contributed by atoms with Crippen LogP contribution in [0.5, 0.6) is 0 Å². The van der Waals surface area contributed by atoms with Crippen LogP contribution in [-0.4, -0.2) is 29.6 Å². The summed E-state index contributed by atoms with van der Waals surface area (Å²) in [5.74, 6) is -0.868. The molecule has 1 fully saturated rings. The summed E-state index contributed by atoms with van der Waals surface area (Å²) in [6, 6.07) is 4.42. The molecule has 20 heavy (non-hydrogen) atoms. The number of carboxylic acids is 1. The van der Waals surface area contributed by atoms with E-state index in [1.165, 1.54) is 12.1 Å². The Morgan fingerprint density at radius 2 is 2.15 bits per heavy atom. The monoisotopic (exact) mass is 340 g/mol. The molecule has 0 radical (unpaired) electrons.